The number of allylic oxidation sites excluding steroid dienone is 1. The number of hydrogen-bond acceptors (Lipinski definition) is 5. The fourth-order valence-corrected chi connectivity index (χ4v) is 3.41. The molecule has 168 valence electrons. The Bertz CT molecular complexity index is 1130. The van der Waals surface area contributed by atoms with Crippen molar-refractivity contribution in [1.29, 1.82) is 0 Å². The minimum absolute atomic E-state index is 0.0196. The first-order valence-electron chi connectivity index (χ1n) is 9.37. The van der Waals surface area contributed by atoms with Gasteiger partial charge in [0.15, 0.2) is 0 Å². The highest BCUT2D eigenvalue weighted by atomic mass is 19.4. The number of carbonyl (C=O) groups excluding carboxylic acids is 2. The van der Waals surface area contributed by atoms with Crippen LogP contribution in [0.3, 0.4) is 0 Å². The summed E-state index contributed by atoms with van der Waals surface area (Å²) in [7, 11) is 4.08. The number of rotatable bonds is 5. The predicted molar refractivity (Wildman–Crippen MR) is 111 cm³/mol. The van der Waals surface area contributed by atoms with Gasteiger partial charge < -0.3 is 14.2 Å². The predicted octanol–water partition coefficient (Wildman–Crippen LogP) is 4.60. The maximum atomic E-state index is 13.3. The van der Waals surface area contributed by atoms with Gasteiger partial charge in [-0.3, -0.25) is 9.69 Å². The van der Waals surface area contributed by atoms with Gasteiger partial charge in [0.1, 0.15) is 11.5 Å². The molecular formula is C23H20F3NO5. The average molecular weight is 447 g/mol. The molecule has 0 radical (unpaired) electrons. The monoisotopic (exact) mass is 447 g/mol. The van der Waals surface area contributed by atoms with E-state index in [1.54, 1.807) is 18.2 Å². The van der Waals surface area contributed by atoms with E-state index < -0.39 is 23.6 Å². The molecule has 1 aliphatic rings. The van der Waals surface area contributed by atoms with Crippen molar-refractivity contribution in [2.75, 3.05) is 26.2 Å². The van der Waals surface area contributed by atoms with E-state index in [0.717, 1.165) is 24.1 Å². The standard InChI is InChI=1S/C23H20F3NO5/c1-13-20(22(29)32-4)18(10-14-8-9-17(30-2)12-19(14)31-3)21(28)27(13)16-7-5-6-15(11-16)23(24,25)26/h5-12H,1-4H3/b18-10-. The van der Waals surface area contributed by atoms with Crippen LogP contribution in [-0.2, 0) is 20.5 Å². The van der Waals surface area contributed by atoms with Gasteiger partial charge in [0.05, 0.1) is 38.0 Å². The molecule has 3 rings (SSSR count). The van der Waals surface area contributed by atoms with Gasteiger partial charge in [0, 0.05) is 23.0 Å². The van der Waals surface area contributed by atoms with E-state index in [-0.39, 0.29) is 22.5 Å². The van der Waals surface area contributed by atoms with Crippen molar-refractivity contribution in [3.05, 3.63) is 70.4 Å². The molecule has 0 aromatic heterocycles. The number of ether oxygens (including phenoxy) is 3. The van der Waals surface area contributed by atoms with Gasteiger partial charge in [0.25, 0.3) is 5.91 Å². The third-order valence-corrected chi connectivity index (χ3v) is 4.96. The van der Waals surface area contributed by atoms with Crippen molar-refractivity contribution in [2.45, 2.75) is 13.1 Å². The van der Waals surface area contributed by atoms with Crippen LogP contribution >= 0.6 is 0 Å². The first-order valence-corrected chi connectivity index (χ1v) is 9.37. The zero-order valence-corrected chi connectivity index (χ0v) is 17.7. The van der Waals surface area contributed by atoms with Crippen molar-refractivity contribution in [3.8, 4) is 11.5 Å². The van der Waals surface area contributed by atoms with Crippen LogP contribution in [0.2, 0.25) is 0 Å². The van der Waals surface area contributed by atoms with Crippen molar-refractivity contribution in [3.63, 3.8) is 0 Å². The number of hydrogen-bond donors (Lipinski definition) is 0. The van der Waals surface area contributed by atoms with Gasteiger partial charge in [0.2, 0.25) is 0 Å². The number of amides is 1. The molecule has 1 aliphatic heterocycles. The molecule has 0 saturated heterocycles. The zero-order chi connectivity index (χ0) is 23.6. The Labute approximate surface area is 182 Å². The van der Waals surface area contributed by atoms with Crippen LogP contribution in [0.5, 0.6) is 11.5 Å². The van der Waals surface area contributed by atoms with Gasteiger partial charge in [-0.25, -0.2) is 4.79 Å². The van der Waals surface area contributed by atoms with Crippen molar-refractivity contribution in [2.24, 2.45) is 0 Å². The van der Waals surface area contributed by atoms with Crippen LogP contribution in [0.25, 0.3) is 6.08 Å². The van der Waals surface area contributed by atoms with Gasteiger partial charge in [-0.15, -0.1) is 0 Å². The molecule has 2 aromatic carbocycles. The molecule has 0 atom stereocenters. The zero-order valence-electron chi connectivity index (χ0n) is 17.7. The molecule has 2 aromatic rings. The highest BCUT2D eigenvalue weighted by Gasteiger charge is 2.39. The molecule has 0 unspecified atom stereocenters. The Balaban J connectivity index is 2.17. The number of nitrogens with zero attached hydrogens (tertiary/aromatic N) is 1. The molecule has 1 amide bonds. The Hall–Kier alpha value is -3.75. The number of esters is 1. The second-order valence-electron chi connectivity index (χ2n) is 6.81. The van der Waals surface area contributed by atoms with Crippen LogP contribution in [-0.4, -0.2) is 33.2 Å². The lowest BCUT2D eigenvalue weighted by atomic mass is 10.0. The SMILES string of the molecule is COC(=O)C1=C(C)N(c2cccc(C(F)(F)F)c2)C(=O)/C1=C\c1ccc(OC)cc1OC. The quantitative estimate of drug-likeness (QED) is 0.495. The van der Waals surface area contributed by atoms with E-state index >= 15 is 0 Å². The summed E-state index contributed by atoms with van der Waals surface area (Å²) in [5.74, 6) is -0.555. The molecule has 0 spiro atoms. The molecule has 0 saturated carbocycles. The summed E-state index contributed by atoms with van der Waals surface area (Å²) in [5, 5.41) is 0. The lowest BCUT2D eigenvalue weighted by molar-refractivity contribution is -0.137. The largest absolute Gasteiger partial charge is 0.497 e. The summed E-state index contributed by atoms with van der Waals surface area (Å²) in [6.07, 6.45) is -3.15. The van der Waals surface area contributed by atoms with Crippen molar-refractivity contribution >= 4 is 23.6 Å². The van der Waals surface area contributed by atoms with Gasteiger partial charge in [-0.2, -0.15) is 13.2 Å². The summed E-state index contributed by atoms with van der Waals surface area (Å²) in [4.78, 5) is 26.9. The number of carbonyl (C=O) groups is 2. The molecular weight excluding hydrogens is 427 g/mol. The summed E-state index contributed by atoms with van der Waals surface area (Å²) in [6, 6.07) is 9.21. The Morgan fingerprint density at radius 3 is 2.34 bits per heavy atom. The number of halogens is 3. The molecule has 6 nitrogen and oxygen atoms in total. The number of anilines is 1. The van der Waals surface area contributed by atoms with E-state index in [1.165, 1.54) is 39.4 Å². The minimum atomic E-state index is -4.59. The molecule has 0 aliphatic carbocycles. The third kappa shape index (κ3) is 4.18. The van der Waals surface area contributed by atoms with Crippen LogP contribution < -0.4 is 14.4 Å². The molecule has 0 bridgehead atoms. The van der Waals surface area contributed by atoms with Gasteiger partial charge in [-0.1, -0.05) is 6.07 Å². The average Bonchev–Trinajstić information content (AvgIpc) is 3.02. The van der Waals surface area contributed by atoms with Crippen LogP contribution in [0.1, 0.15) is 18.1 Å². The van der Waals surface area contributed by atoms with E-state index in [9.17, 15) is 22.8 Å². The van der Waals surface area contributed by atoms with Crippen LogP contribution in [0.15, 0.2) is 59.3 Å². The summed E-state index contributed by atoms with van der Waals surface area (Å²) in [6.45, 7) is 1.47. The normalized spacial score (nSPS) is 15.4. The summed E-state index contributed by atoms with van der Waals surface area (Å²) < 4.78 is 54.9. The molecule has 32 heavy (non-hydrogen) atoms. The van der Waals surface area contributed by atoms with E-state index in [0.29, 0.717) is 17.1 Å². The fourth-order valence-electron chi connectivity index (χ4n) is 3.41. The maximum Gasteiger partial charge on any atom is 0.416 e. The van der Waals surface area contributed by atoms with E-state index in [4.69, 9.17) is 14.2 Å². The van der Waals surface area contributed by atoms with Crippen LogP contribution in [0.4, 0.5) is 18.9 Å². The highest BCUT2D eigenvalue weighted by molar-refractivity contribution is 6.24. The van der Waals surface area contributed by atoms with E-state index in [1.807, 2.05) is 0 Å². The Kier molecular flexibility index (Phi) is 6.29. The number of benzene rings is 2. The first-order chi connectivity index (χ1) is 15.1. The Morgan fingerprint density at radius 2 is 1.75 bits per heavy atom. The smallest absolute Gasteiger partial charge is 0.416 e. The lowest BCUT2D eigenvalue weighted by Crippen LogP contribution is -2.25. The molecule has 1 heterocycles. The van der Waals surface area contributed by atoms with Crippen molar-refractivity contribution in [1.82, 2.24) is 0 Å². The highest BCUT2D eigenvalue weighted by Crippen LogP contribution is 2.39. The molecule has 0 N–H and O–H groups in total. The van der Waals surface area contributed by atoms with Crippen molar-refractivity contribution < 1.29 is 37.0 Å². The van der Waals surface area contributed by atoms with Crippen LogP contribution in [0, 0.1) is 0 Å². The second kappa shape index (κ2) is 8.78. The summed E-state index contributed by atoms with van der Waals surface area (Å²) >= 11 is 0. The fraction of sp³-hybridized carbons (Fsp3) is 0.217. The van der Waals surface area contributed by atoms with Gasteiger partial charge >= 0.3 is 12.1 Å². The molecule has 0 fully saturated rings. The third-order valence-electron chi connectivity index (χ3n) is 4.96. The molecule has 9 heteroatoms. The van der Waals surface area contributed by atoms with Gasteiger partial charge in [-0.05, 0) is 43.3 Å². The number of methoxy groups -OCH3 is 3. The second-order valence-corrected chi connectivity index (χ2v) is 6.81. The Morgan fingerprint density at radius 1 is 1.03 bits per heavy atom. The first kappa shape index (κ1) is 22.9. The minimum Gasteiger partial charge on any atom is -0.497 e. The van der Waals surface area contributed by atoms with E-state index in [2.05, 4.69) is 0 Å². The lowest BCUT2D eigenvalue weighted by Gasteiger charge is -2.19. The maximum absolute atomic E-state index is 13.3. The number of alkyl halides is 3. The topological polar surface area (TPSA) is 65.1 Å². The summed E-state index contributed by atoms with van der Waals surface area (Å²) in [5.41, 5.74) is -0.391.